The first-order valence-corrected chi connectivity index (χ1v) is 6.57. The number of likely N-dealkylation sites (N-methyl/N-ethyl adjacent to an activating group) is 1. The van der Waals surface area contributed by atoms with Gasteiger partial charge in [-0.2, -0.15) is 0 Å². The maximum Gasteiger partial charge on any atom is 0.239 e. The molecule has 0 radical (unpaired) electrons. The van der Waals surface area contributed by atoms with Crippen LogP contribution >= 0.6 is 0 Å². The summed E-state index contributed by atoms with van der Waals surface area (Å²) in [6, 6.07) is 7.69. The van der Waals surface area contributed by atoms with E-state index >= 15 is 0 Å². The molecule has 0 aliphatic heterocycles. The molecule has 0 aliphatic rings. The number of nitrogens with zero attached hydrogens (tertiary/aromatic N) is 1. The summed E-state index contributed by atoms with van der Waals surface area (Å²) in [6.07, 6.45) is 0.853. The summed E-state index contributed by atoms with van der Waals surface area (Å²) >= 11 is 0. The van der Waals surface area contributed by atoms with Crippen LogP contribution < -0.4 is 20.7 Å². The van der Waals surface area contributed by atoms with Crippen LogP contribution in [0.2, 0.25) is 0 Å². The van der Waals surface area contributed by atoms with E-state index in [1.807, 2.05) is 36.1 Å². The summed E-state index contributed by atoms with van der Waals surface area (Å²) in [5.74, 6) is 0.830. The van der Waals surface area contributed by atoms with Crippen LogP contribution in [0.3, 0.4) is 0 Å². The Balaban J connectivity index is 2.73. The van der Waals surface area contributed by atoms with E-state index in [1.165, 1.54) is 0 Å². The van der Waals surface area contributed by atoms with E-state index in [-0.39, 0.29) is 5.91 Å². The number of rotatable bonds is 8. The van der Waals surface area contributed by atoms with E-state index in [0.717, 1.165) is 24.4 Å². The van der Waals surface area contributed by atoms with E-state index in [9.17, 15) is 4.79 Å². The Kier molecular flexibility index (Phi) is 6.74. The minimum atomic E-state index is 0.0235. The lowest BCUT2D eigenvalue weighted by molar-refractivity contribution is -0.119. The van der Waals surface area contributed by atoms with Gasteiger partial charge in [0.2, 0.25) is 5.91 Å². The SMILES string of the molecule is CCNC(=O)CN(CCCN)c1ccc(OC)cc1. The Labute approximate surface area is 114 Å². The third kappa shape index (κ3) is 5.18. The highest BCUT2D eigenvalue weighted by Gasteiger charge is 2.10. The summed E-state index contributed by atoms with van der Waals surface area (Å²) in [5, 5.41) is 2.81. The van der Waals surface area contributed by atoms with Crippen LogP contribution in [0.4, 0.5) is 5.69 Å². The van der Waals surface area contributed by atoms with Crippen molar-refractivity contribution in [1.29, 1.82) is 0 Å². The molecule has 0 spiro atoms. The van der Waals surface area contributed by atoms with Gasteiger partial charge in [0.05, 0.1) is 13.7 Å². The third-order valence-electron chi connectivity index (χ3n) is 2.78. The molecule has 19 heavy (non-hydrogen) atoms. The number of methoxy groups -OCH3 is 1. The van der Waals surface area contributed by atoms with E-state index in [0.29, 0.717) is 19.6 Å². The number of benzene rings is 1. The highest BCUT2D eigenvalue weighted by Crippen LogP contribution is 2.19. The molecule has 1 aromatic rings. The molecule has 106 valence electrons. The van der Waals surface area contributed by atoms with Gasteiger partial charge in [-0.05, 0) is 44.2 Å². The van der Waals surface area contributed by atoms with Crippen LogP contribution in [-0.4, -0.2) is 39.2 Å². The average molecular weight is 265 g/mol. The standard InChI is InChI=1S/C14H23N3O2/c1-3-16-14(18)11-17(10-4-9-15)12-5-7-13(19-2)8-6-12/h5-8H,3-4,9-11,15H2,1-2H3,(H,16,18). The van der Waals surface area contributed by atoms with Crippen molar-refractivity contribution < 1.29 is 9.53 Å². The second-order valence-corrected chi connectivity index (χ2v) is 4.22. The number of nitrogens with two attached hydrogens (primary N) is 1. The zero-order chi connectivity index (χ0) is 14.1. The first-order valence-electron chi connectivity index (χ1n) is 6.57. The first-order chi connectivity index (χ1) is 9.21. The predicted molar refractivity (Wildman–Crippen MR) is 77.6 cm³/mol. The third-order valence-corrected chi connectivity index (χ3v) is 2.78. The van der Waals surface area contributed by atoms with Gasteiger partial charge in [-0.1, -0.05) is 0 Å². The minimum Gasteiger partial charge on any atom is -0.497 e. The Morgan fingerprint density at radius 2 is 2.05 bits per heavy atom. The average Bonchev–Trinajstić information content (AvgIpc) is 2.44. The van der Waals surface area contributed by atoms with Crippen molar-refractivity contribution in [1.82, 2.24) is 5.32 Å². The fourth-order valence-electron chi connectivity index (χ4n) is 1.80. The van der Waals surface area contributed by atoms with Crippen LogP contribution in [0.5, 0.6) is 5.75 Å². The Morgan fingerprint density at radius 3 is 2.58 bits per heavy atom. The molecular weight excluding hydrogens is 242 g/mol. The molecule has 0 unspecified atom stereocenters. The maximum absolute atomic E-state index is 11.7. The van der Waals surface area contributed by atoms with Crippen molar-refractivity contribution in [3.63, 3.8) is 0 Å². The van der Waals surface area contributed by atoms with E-state index in [2.05, 4.69) is 5.32 Å². The summed E-state index contributed by atoms with van der Waals surface area (Å²) < 4.78 is 5.13. The zero-order valence-corrected chi connectivity index (χ0v) is 11.7. The van der Waals surface area contributed by atoms with Crippen LogP contribution in [0.25, 0.3) is 0 Å². The molecule has 0 saturated heterocycles. The van der Waals surface area contributed by atoms with E-state index in [1.54, 1.807) is 7.11 Å². The molecule has 0 fully saturated rings. The molecule has 1 rings (SSSR count). The molecule has 0 aliphatic carbocycles. The van der Waals surface area contributed by atoms with E-state index in [4.69, 9.17) is 10.5 Å². The molecule has 0 atom stereocenters. The Hall–Kier alpha value is -1.75. The topological polar surface area (TPSA) is 67.6 Å². The monoisotopic (exact) mass is 265 g/mol. The van der Waals surface area contributed by atoms with Gasteiger partial charge in [0.25, 0.3) is 0 Å². The number of nitrogens with one attached hydrogen (secondary N) is 1. The van der Waals surface area contributed by atoms with Crippen molar-refractivity contribution in [2.45, 2.75) is 13.3 Å². The van der Waals surface area contributed by atoms with Gasteiger partial charge in [-0.3, -0.25) is 4.79 Å². The fourth-order valence-corrected chi connectivity index (χ4v) is 1.80. The van der Waals surface area contributed by atoms with Gasteiger partial charge < -0.3 is 20.7 Å². The number of anilines is 1. The smallest absolute Gasteiger partial charge is 0.239 e. The van der Waals surface area contributed by atoms with E-state index < -0.39 is 0 Å². The summed E-state index contributed by atoms with van der Waals surface area (Å²) in [7, 11) is 1.63. The maximum atomic E-state index is 11.7. The Morgan fingerprint density at radius 1 is 1.37 bits per heavy atom. The van der Waals surface area contributed by atoms with Crippen molar-refractivity contribution in [2.75, 3.05) is 38.2 Å². The molecule has 1 aromatic carbocycles. The molecule has 5 heteroatoms. The molecule has 1 amide bonds. The number of amides is 1. The highest BCUT2D eigenvalue weighted by atomic mass is 16.5. The zero-order valence-electron chi connectivity index (χ0n) is 11.7. The number of ether oxygens (including phenoxy) is 1. The lowest BCUT2D eigenvalue weighted by Crippen LogP contribution is -2.38. The number of hydrogen-bond acceptors (Lipinski definition) is 4. The second kappa shape index (κ2) is 8.37. The van der Waals surface area contributed by atoms with Crippen LogP contribution in [0.1, 0.15) is 13.3 Å². The van der Waals surface area contributed by atoms with Gasteiger partial charge in [0, 0.05) is 18.8 Å². The molecule has 0 aromatic heterocycles. The Bertz CT molecular complexity index is 379. The number of carbonyl (C=O) groups is 1. The number of hydrogen-bond donors (Lipinski definition) is 2. The molecule has 0 heterocycles. The predicted octanol–water partition coefficient (Wildman–Crippen LogP) is 0.987. The minimum absolute atomic E-state index is 0.0235. The van der Waals surface area contributed by atoms with Gasteiger partial charge >= 0.3 is 0 Å². The van der Waals surface area contributed by atoms with Gasteiger partial charge in [-0.15, -0.1) is 0 Å². The van der Waals surface area contributed by atoms with Gasteiger partial charge in [0.1, 0.15) is 5.75 Å². The lowest BCUT2D eigenvalue weighted by atomic mass is 10.2. The van der Waals surface area contributed by atoms with Crippen LogP contribution in [0.15, 0.2) is 24.3 Å². The number of carbonyl (C=O) groups excluding carboxylic acids is 1. The molecule has 0 saturated carbocycles. The van der Waals surface area contributed by atoms with Crippen molar-refractivity contribution >= 4 is 11.6 Å². The molecule has 3 N–H and O–H groups in total. The normalized spacial score (nSPS) is 10.1. The quantitative estimate of drug-likeness (QED) is 0.735. The molecule has 0 bridgehead atoms. The van der Waals surface area contributed by atoms with Gasteiger partial charge in [-0.25, -0.2) is 0 Å². The molecule has 5 nitrogen and oxygen atoms in total. The van der Waals surface area contributed by atoms with Crippen molar-refractivity contribution in [2.24, 2.45) is 5.73 Å². The largest absolute Gasteiger partial charge is 0.497 e. The first kappa shape index (κ1) is 15.3. The summed E-state index contributed by atoms with van der Waals surface area (Å²) in [4.78, 5) is 13.7. The van der Waals surface area contributed by atoms with Crippen molar-refractivity contribution in [3.05, 3.63) is 24.3 Å². The highest BCUT2D eigenvalue weighted by molar-refractivity contribution is 5.81. The summed E-state index contributed by atoms with van der Waals surface area (Å²) in [6.45, 7) is 4.28. The van der Waals surface area contributed by atoms with Crippen LogP contribution in [0, 0.1) is 0 Å². The second-order valence-electron chi connectivity index (χ2n) is 4.22. The van der Waals surface area contributed by atoms with Gasteiger partial charge in [0.15, 0.2) is 0 Å². The summed E-state index contributed by atoms with van der Waals surface area (Å²) in [5.41, 5.74) is 6.54. The van der Waals surface area contributed by atoms with Crippen molar-refractivity contribution in [3.8, 4) is 5.75 Å². The lowest BCUT2D eigenvalue weighted by Gasteiger charge is -2.24. The fraction of sp³-hybridized carbons (Fsp3) is 0.500. The molecular formula is C14H23N3O2. The van der Waals surface area contributed by atoms with Crippen LogP contribution in [-0.2, 0) is 4.79 Å².